The molecule has 8 nitrogen and oxygen atoms in total. The Morgan fingerprint density at radius 1 is 1.26 bits per heavy atom. The van der Waals surface area contributed by atoms with Crippen LogP contribution < -0.4 is 10.5 Å². The van der Waals surface area contributed by atoms with E-state index in [2.05, 4.69) is 48.7 Å². The standard InChI is InChI=1S/C32H43FN6O2S/c1-6-13-27(19-21-38(5)8-3)39-23-30(25-14-12-15-26(22-34)35-20-18-25)32(36-39)29(7-2)31(33)24(4)37-42(40,41)28-16-10-9-11-17-28/h7,9-11,15-18,20,23,27,37H,2,4,6,8,12-14,19,21-22,34H2,1,3,5H3/b25-18+,26-15-,31-29-,35-20+. The van der Waals surface area contributed by atoms with Crippen LogP contribution in [0.1, 0.15) is 63.3 Å². The molecule has 0 fully saturated rings. The van der Waals surface area contributed by atoms with Crippen LogP contribution in [0.4, 0.5) is 4.39 Å². The van der Waals surface area contributed by atoms with Gasteiger partial charge in [-0.15, -0.1) is 0 Å². The van der Waals surface area contributed by atoms with Gasteiger partial charge in [0.2, 0.25) is 0 Å². The maximum atomic E-state index is 16.1. The molecule has 1 unspecified atom stereocenters. The van der Waals surface area contributed by atoms with Crippen LogP contribution in [0, 0.1) is 0 Å². The fourth-order valence-electron chi connectivity index (χ4n) is 4.71. The smallest absolute Gasteiger partial charge is 0.261 e. The summed E-state index contributed by atoms with van der Waals surface area (Å²) in [6, 6.07) is 7.86. The minimum Gasteiger partial charge on any atom is -0.325 e. The lowest BCUT2D eigenvalue weighted by Gasteiger charge is -2.21. The third kappa shape index (κ3) is 8.47. The minimum atomic E-state index is -4.04. The molecule has 10 heteroatoms. The van der Waals surface area contributed by atoms with Crippen molar-refractivity contribution in [2.75, 3.05) is 26.7 Å². The predicted octanol–water partition coefficient (Wildman–Crippen LogP) is 6.02. The molecule has 1 aliphatic rings. The highest BCUT2D eigenvalue weighted by atomic mass is 32.2. The third-order valence-corrected chi connectivity index (χ3v) is 8.66. The number of nitrogens with one attached hydrogen (secondary N) is 1. The van der Waals surface area contributed by atoms with Crippen molar-refractivity contribution in [1.29, 1.82) is 0 Å². The second-order valence-electron chi connectivity index (χ2n) is 10.2. The van der Waals surface area contributed by atoms with Crippen molar-refractivity contribution >= 4 is 27.4 Å². The predicted molar refractivity (Wildman–Crippen MR) is 171 cm³/mol. The van der Waals surface area contributed by atoms with Crippen molar-refractivity contribution < 1.29 is 12.8 Å². The Hall–Kier alpha value is -3.60. The van der Waals surface area contributed by atoms with Gasteiger partial charge in [-0.05, 0) is 69.6 Å². The number of nitrogens with zero attached hydrogens (tertiary/aromatic N) is 4. The van der Waals surface area contributed by atoms with Crippen molar-refractivity contribution in [2.45, 2.75) is 56.9 Å². The lowest BCUT2D eigenvalue weighted by molar-refractivity contribution is 0.293. The third-order valence-electron chi connectivity index (χ3n) is 7.25. The first kappa shape index (κ1) is 32.9. The summed E-state index contributed by atoms with van der Waals surface area (Å²) in [5.41, 5.74) is 8.29. The SMILES string of the molecule is C=C/C(=C(/F)C(=C)NS(=O)(=O)c1ccccc1)c1nn(C(CCC)CCN(C)CC)cc1/C1=C/C=N/C(CN)=C\CC1. The van der Waals surface area contributed by atoms with Crippen LogP contribution in [-0.2, 0) is 10.0 Å². The Labute approximate surface area is 250 Å². The van der Waals surface area contributed by atoms with Gasteiger partial charge in [0.15, 0.2) is 5.83 Å². The van der Waals surface area contributed by atoms with Crippen molar-refractivity contribution in [3.63, 3.8) is 0 Å². The minimum absolute atomic E-state index is 0.00684. The Kier molecular flexibility index (Phi) is 12.2. The Bertz CT molecular complexity index is 1470. The van der Waals surface area contributed by atoms with E-state index < -0.39 is 21.5 Å². The molecule has 2 heterocycles. The molecule has 2 aromatic rings. The quantitative estimate of drug-likeness (QED) is 0.246. The van der Waals surface area contributed by atoms with Gasteiger partial charge in [-0.25, -0.2) is 12.8 Å². The number of halogens is 1. The molecule has 0 amide bonds. The second-order valence-corrected chi connectivity index (χ2v) is 11.9. The number of aromatic nitrogens is 2. The number of nitrogens with two attached hydrogens (primary N) is 1. The average molecular weight is 595 g/mol. The van der Waals surface area contributed by atoms with Gasteiger partial charge >= 0.3 is 0 Å². The molecule has 3 N–H and O–H groups in total. The molecular formula is C32H43FN6O2S. The van der Waals surface area contributed by atoms with Gasteiger partial charge < -0.3 is 10.6 Å². The molecule has 1 aliphatic heterocycles. The normalized spacial score (nSPS) is 18.5. The fraction of sp³-hybridized carbons (Fsp3) is 0.375. The van der Waals surface area contributed by atoms with Crippen molar-refractivity contribution in [1.82, 2.24) is 19.4 Å². The molecule has 0 radical (unpaired) electrons. The largest absolute Gasteiger partial charge is 0.325 e. The summed E-state index contributed by atoms with van der Waals surface area (Å²) in [6.07, 6.45) is 13.0. The Morgan fingerprint density at radius 3 is 2.64 bits per heavy atom. The van der Waals surface area contributed by atoms with Crippen LogP contribution in [0.3, 0.4) is 0 Å². The summed E-state index contributed by atoms with van der Waals surface area (Å²) in [5, 5.41) is 4.91. The lowest BCUT2D eigenvalue weighted by atomic mass is 9.96. The monoisotopic (exact) mass is 594 g/mol. The van der Waals surface area contributed by atoms with Crippen molar-refractivity contribution in [2.24, 2.45) is 10.7 Å². The summed E-state index contributed by atoms with van der Waals surface area (Å²) in [5.74, 6) is -0.848. The van der Waals surface area contributed by atoms with E-state index in [9.17, 15) is 8.42 Å². The highest BCUT2D eigenvalue weighted by Gasteiger charge is 2.24. The van der Waals surface area contributed by atoms with E-state index in [-0.39, 0.29) is 16.5 Å². The highest BCUT2D eigenvalue weighted by Crippen LogP contribution is 2.34. The number of aliphatic imine (C=N–C) groups is 1. The Morgan fingerprint density at radius 2 is 2.00 bits per heavy atom. The maximum Gasteiger partial charge on any atom is 0.261 e. The van der Waals surface area contributed by atoms with Gasteiger partial charge in [0.1, 0.15) is 5.69 Å². The second kappa shape index (κ2) is 15.6. The van der Waals surface area contributed by atoms with E-state index in [0.29, 0.717) is 25.1 Å². The van der Waals surface area contributed by atoms with E-state index in [4.69, 9.17) is 10.8 Å². The molecule has 0 saturated carbocycles. The molecule has 1 atom stereocenters. The zero-order valence-corrected chi connectivity index (χ0v) is 25.7. The summed E-state index contributed by atoms with van der Waals surface area (Å²) in [7, 11) is -1.96. The number of hydrogen-bond acceptors (Lipinski definition) is 6. The first-order valence-corrected chi connectivity index (χ1v) is 15.8. The first-order chi connectivity index (χ1) is 20.1. The van der Waals surface area contributed by atoms with Crippen LogP contribution in [0.2, 0.25) is 0 Å². The first-order valence-electron chi connectivity index (χ1n) is 14.3. The molecular weight excluding hydrogens is 551 g/mol. The topological polar surface area (TPSA) is 106 Å². The van der Waals surface area contributed by atoms with Gasteiger partial charge in [-0.3, -0.25) is 14.4 Å². The molecule has 0 spiro atoms. The Balaban J connectivity index is 2.10. The van der Waals surface area contributed by atoms with E-state index in [1.165, 1.54) is 18.2 Å². The summed E-state index contributed by atoms with van der Waals surface area (Å²) in [6.45, 7) is 14.0. The number of benzene rings is 1. The molecule has 0 bridgehead atoms. The van der Waals surface area contributed by atoms with Crippen LogP contribution >= 0.6 is 0 Å². The van der Waals surface area contributed by atoms with Gasteiger partial charge in [0, 0.05) is 35.8 Å². The maximum absolute atomic E-state index is 16.1. The summed E-state index contributed by atoms with van der Waals surface area (Å²) < 4.78 is 46.1. The summed E-state index contributed by atoms with van der Waals surface area (Å²) in [4.78, 5) is 6.70. The van der Waals surface area contributed by atoms with E-state index in [0.717, 1.165) is 49.2 Å². The van der Waals surface area contributed by atoms with Gasteiger partial charge in [-0.2, -0.15) is 5.10 Å². The van der Waals surface area contributed by atoms with Crippen LogP contribution in [0.15, 0.2) is 95.0 Å². The van der Waals surface area contributed by atoms with Crippen LogP contribution in [-0.4, -0.2) is 56.0 Å². The highest BCUT2D eigenvalue weighted by molar-refractivity contribution is 7.89. The van der Waals surface area contributed by atoms with Gasteiger partial charge in [0.25, 0.3) is 10.0 Å². The van der Waals surface area contributed by atoms with Gasteiger partial charge in [-0.1, -0.05) is 63.8 Å². The zero-order valence-electron chi connectivity index (χ0n) is 24.9. The zero-order chi connectivity index (χ0) is 30.7. The van der Waals surface area contributed by atoms with E-state index >= 15 is 4.39 Å². The van der Waals surface area contributed by atoms with Crippen LogP contribution in [0.5, 0.6) is 0 Å². The summed E-state index contributed by atoms with van der Waals surface area (Å²) >= 11 is 0. The number of hydrogen-bond donors (Lipinski definition) is 2. The van der Waals surface area contributed by atoms with Gasteiger partial charge in [0.05, 0.1) is 16.6 Å². The molecule has 3 rings (SSSR count). The molecule has 1 aromatic carbocycles. The number of allylic oxidation sites excluding steroid dienone is 6. The average Bonchev–Trinajstić information content (AvgIpc) is 3.40. The fourth-order valence-corrected chi connectivity index (χ4v) is 5.76. The molecule has 42 heavy (non-hydrogen) atoms. The lowest BCUT2D eigenvalue weighted by Crippen LogP contribution is -2.23. The molecule has 0 saturated heterocycles. The van der Waals surface area contributed by atoms with Crippen molar-refractivity contribution in [3.8, 4) is 0 Å². The molecule has 1 aromatic heterocycles. The van der Waals surface area contributed by atoms with E-state index in [1.807, 2.05) is 23.0 Å². The molecule has 0 aliphatic carbocycles. The number of rotatable bonds is 15. The van der Waals surface area contributed by atoms with Crippen LogP contribution in [0.25, 0.3) is 11.1 Å². The van der Waals surface area contributed by atoms with E-state index in [1.54, 1.807) is 24.4 Å². The number of sulfonamides is 1. The molecule has 226 valence electrons. The van der Waals surface area contributed by atoms with Crippen molar-refractivity contribution in [3.05, 3.63) is 96.4 Å².